The number of esters is 1. The highest BCUT2D eigenvalue weighted by Gasteiger charge is 2.46. The second-order valence-electron chi connectivity index (χ2n) is 5.17. The van der Waals surface area contributed by atoms with Crippen molar-refractivity contribution in [1.29, 1.82) is 0 Å². The molecule has 0 spiro atoms. The van der Waals surface area contributed by atoms with Crippen molar-refractivity contribution >= 4 is 23.9 Å². The first-order chi connectivity index (χ1) is 9.77. The minimum Gasteiger partial charge on any atom is -0.481 e. The van der Waals surface area contributed by atoms with Crippen LogP contribution < -0.4 is 0 Å². The molecular weight excluding hydrogens is 280 g/mol. The number of carbonyl (C=O) groups excluding carboxylic acids is 3. The number of hydrogen-bond donors (Lipinski definition) is 1. The van der Waals surface area contributed by atoms with Crippen molar-refractivity contribution in [2.24, 2.45) is 5.92 Å². The topological polar surface area (TPSA) is 104 Å². The highest BCUT2D eigenvalue weighted by molar-refractivity contribution is 6.07. The van der Waals surface area contributed by atoms with Gasteiger partial charge in [0.1, 0.15) is 12.6 Å². The third kappa shape index (κ3) is 4.17. The van der Waals surface area contributed by atoms with Crippen molar-refractivity contribution in [3.8, 4) is 0 Å². The van der Waals surface area contributed by atoms with E-state index < -0.39 is 42.9 Å². The van der Waals surface area contributed by atoms with Crippen LogP contribution in [0, 0.1) is 5.92 Å². The maximum Gasteiger partial charge on any atom is 0.328 e. The number of ether oxygens (including phenoxy) is 1. The average Bonchev–Trinajstić information content (AvgIpc) is 2.55. The van der Waals surface area contributed by atoms with Crippen LogP contribution in [0.4, 0.5) is 4.79 Å². The van der Waals surface area contributed by atoms with Crippen LogP contribution in [0.5, 0.6) is 0 Å². The molecule has 1 saturated heterocycles. The number of rotatable bonds is 7. The van der Waals surface area contributed by atoms with Gasteiger partial charge in [0, 0.05) is 6.54 Å². The van der Waals surface area contributed by atoms with Gasteiger partial charge in [0.15, 0.2) is 0 Å². The number of carbonyl (C=O) groups is 4. The lowest BCUT2D eigenvalue weighted by Gasteiger charge is -2.22. The zero-order chi connectivity index (χ0) is 16.2. The summed E-state index contributed by atoms with van der Waals surface area (Å²) in [7, 11) is 0. The van der Waals surface area contributed by atoms with Crippen LogP contribution in [0.1, 0.15) is 27.2 Å². The minimum absolute atomic E-state index is 0.0700. The maximum atomic E-state index is 12.2. The van der Waals surface area contributed by atoms with Crippen molar-refractivity contribution in [2.45, 2.75) is 33.2 Å². The summed E-state index contributed by atoms with van der Waals surface area (Å²) in [5, 5.41) is 8.88. The summed E-state index contributed by atoms with van der Waals surface area (Å²) in [5.41, 5.74) is 0. The van der Waals surface area contributed by atoms with Crippen LogP contribution in [0.2, 0.25) is 0 Å². The number of urea groups is 1. The third-order valence-corrected chi connectivity index (χ3v) is 2.93. The third-order valence-electron chi connectivity index (χ3n) is 2.93. The van der Waals surface area contributed by atoms with Crippen LogP contribution in [0.3, 0.4) is 0 Å². The first-order valence-electron chi connectivity index (χ1n) is 6.77. The molecule has 0 saturated carbocycles. The second-order valence-corrected chi connectivity index (χ2v) is 5.17. The number of amides is 3. The van der Waals surface area contributed by atoms with Gasteiger partial charge in [-0.2, -0.15) is 0 Å². The Morgan fingerprint density at radius 2 is 1.95 bits per heavy atom. The fourth-order valence-electron chi connectivity index (χ4n) is 2.14. The minimum atomic E-state index is -1.17. The molecule has 8 heteroatoms. The van der Waals surface area contributed by atoms with E-state index >= 15 is 0 Å². The van der Waals surface area contributed by atoms with Gasteiger partial charge in [0.05, 0.1) is 13.0 Å². The molecule has 1 rings (SSSR count). The highest BCUT2D eigenvalue weighted by atomic mass is 16.5. The molecule has 1 atom stereocenters. The summed E-state index contributed by atoms with van der Waals surface area (Å²) < 4.78 is 4.71. The standard InChI is InChI=1S/C13H20N2O6/c1-4-21-11(18)7-15-12(19)9(5-10(16)17)14(13(15)20)6-8(2)3/h8-9H,4-7H2,1-3H3,(H,16,17)/t9-/m0/s1. The van der Waals surface area contributed by atoms with Crippen molar-refractivity contribution in [3.05, 3.63) is 0 Å². The second kappa shape index (κ2) is 7.05. The van der Waals surface area contributed by atoms with Gasteiger partial charge in [0.2, 0.25) is 0 Å². The van der Waals surface area contributed by atoms with E-state index in [1.807, 2.05) is 13.8 Å². The average molecular weight is 300 g/mol. The van der Waals surface area contributed by atoms with Crippen LogP contribution in [0.15, 0.2) is 0 Å². The Hall–Kier alpha value is -2.12. The molecule has 0 aliphatic carbocycles. The van der Waals surface area contributed by atoms with E-state index in [1.54, 1.807) is 6.92 Å². The zero-order valence-corrected chi connectivity index (χ0v) is 12.4. The monoisotopic (exact) mass is 300 g/mol. The first kappa shape index (κ1) is 16.9. The first-order valence-corrected chi connectivity index (χ1v) is 6.77. The number of carboxylic acid groups (broad SMARTS) is 1. The van der Waals surface area contributed by atoms with Crippen LogP contribution >= 0.6 is 0 Å². The molecule has 118 valence electrons. The van der Waals surface area contributed by atoms with Crippen LogP contribution in [-0.4, -0.2) is 64.5 Å². The molecular formula is C13H20N2O6. The number of imide groups is 1. The Morgan fingerprint density at radius 3 is 2.43 bits per heavy atom. The van der Waals surface area contributed by atoms with E-state index in [0.29, 0.717) is 0 Å². The predicted octanol–water partition coefficient (Wildman–Crippen LogP) is 0.313. The van der Waals surface area contributed by atoms with Crippen LogP contribution in [-0.2, 0) is 19.1 Å². The van der Waals surface area contributed by atoms with E-state index in [2.05, 4.69) is 0 Å². The molecule has 1 aliphatic rings. The van der Waals surface area contributed by atoms with Gasteiger partial charge >= 0.3 is 18.0 Å². The maximum absolute atomic E-state index is 12.2. The lowest BCUT2D eigenvalue weighted by atomic mass is 10.1. The van der Waals surface area contributed by atoms with E-state index in [9.17, 15) is 19.2 Å². The molecule has 3 amide bonds. The van der Waals surface area contributed by atoms with Crippen LogP contribution in [0.25, 0.3) is 0 Å². The summed E-state index contributed by atoms with van der Waals surface area (Å²) in [6.07, 6.45) is -0.476. The quantitative estimate of drug-likeness (QED) is 0.536. The van der Waals surface area contributed by atoms with E-state index in [1.165, 1.54) is 4.90 Å². The highest BCUT2D eigenvalue weighted by Crippen LogP contribution is 2.21. The fraction of sp³-hybridized carbons (Fsp3) is 0.692. The Labute approximate surface area is 122 Å². The number of aliphatic carboxylic acids is 1. The number of carboxylic acids is 1. The summed E-state index contributed by atoms with van der Waals surface area (Å²) in [5.74, 6) is -2.47. The van der Waals surface area contributed by atoms with Gasteiger partial charge in [-0.15, -0.1) is 0 Å². The Morgan fingerprint density at radius 1 is 1.33 bits per heavy atom. The normalized spacial score (nSPS) is 18.6. The largest absolute Gasteiger partial charge is 0.481 e. The Bertz CT molecular complexity index is 448. The molecule has 0 bridgehead atoms. The summed E-state index contributed by atoms with van der Waals surface area (Å²) >= 11 is 0. The van der Waals surface area contributed by atoms with Gasteiger partial charge in [-0.25, -0.2) is 4.79 Å². The van der Waals surface area contributed by atoms with E-state index in [4.69, 9.17) is 9.84 Å². The van der Waals surface area contributed by atoms with Crippen molar-refractivity contribution < 1.29 is 29.0 Å². The number of nitrogens with zero attached hydrogens (tertiary/aromatic N) is 2. The zero-order valence-electron chi connectivity index (χ0n) is 12.4. The molecule has 1 aliphatic heterocycles. The van der Waals surface area contributed by atoms with Gasteiger partial charge in [-0.1, -0.05) is 13.8 Å². The van der Waals surface area contributed by atoms with Gasteiger partial charge in [-0.05, 0) is 12.8 Å². The van der Waals surface area contributed by atoms with Crippen molar-refractivity contribution in [3.63, 3.8) is 0 Å². The summed E-state index contributed by atoms with van der Waals surface area (Å²) in [6.45, 7) is 5.22. The molecule has 0 aromatic heterocycles. The van der Waals surface area contributed by atoms with Gasteiger partial charge in [-0.3, -0.25) is 19.3 Å². The Kier molecular flexibility index (Phi) is 5.69. The molecule has 0 radical (unpaired) electrons. The van der Waals surface area contributed by atoms with Gasteiger partial charge < -0.3 is 14.7 Å². The molecule has 1 N–H and O–H groups in total. The van der Waals surface area contributed by atoms with Gasteiger partial charge in [0.25, 0.3) is 5.91 Å². The predicted molar refractivity (Wildman–Crippen MR) is 71.3 cm³/mol. The lowest BCUT2D eigenvalue weighted by Crippen LogP contribution is -2.39. The Balaban J connectivity index is 2.92. The molecule has 0 aromatic rings. The molecule has 8 nitrogen and oxygen atoms in total. The van der Waals surface area contributed by atoms with Crippen molar-refractivity contribution in [1.82, 2.24) is 9.80 Å². The lowest BCUT2D eigenvalue weighted by molar-refractivity contribution is -0.147. The van der Waals surface area contributed by atoms with E-state index in [-0.39, 0.29) is 19.1 Å². The summed E-state index contributed by atoms with van der Waals surface area (Å²) in [4.78, 5) is 48.7. The smallest absolute Gasteiger partial charge is 0.328 e. The molecule has 0 unspecified atom stereocenters. The summed E-state index contributed by atoms with van der Waals surface area (Å²) in [6, 6.07) is -1.71. The molecule has 1 heterocycles. The number of hydrogen-bond acceptors (Lipinski definition) is 5. The van der Waals surface area contributed by atoms with Crippen molar-refractivity contribution in [2.75, 3.05) is 19.7 Å². The fourth-order valence-corrected chi connectivity index (χ4v) is 2.14. The molecule has 1 fully saturated rings. The molecule has 0 aromatic carbocycles. The van der Waals surface area contributed by atoms with E-state index in [0.717, 1.165) is 4.90 Å². The molecule has 21 heavy (non-hydrogen) atoms. The SMILES string of the molecule is CCOC(=O)CN1C(=O)[C@H](CC(=O)O)N(CC(C)C)C1=O.